The van der Waals surface area contributed by atoms with Crippen molar-refractivity contribution < 1.29 is 28.0 Å². The minimum absolute atomic E-state index is 0.102. The van der Waals surface area contributed by atoms with Crippen LogP contribution in [0.25, 0.3) is 0 Å². The number of carbonyl (C=O) groups excluding carboxylic acids is 2. The van der Waals surface area contributed by atoms with Gasteiger partial charge in [-0.1, -0.05) is 80.2 Å². The number of sulfone groups is 1. The maximum Gasteiger partial charge on any atom is 0.269 e. The number of hydrogen-bond donors (Lipinski definition) is 1. The molecule has 0 saturated carbocycles. The monoisotopic (exact) mass is 621 g/mol. The van der Waals surface area contributed by atoms with Crippen molar-refractivity contribution >= 4 is 44.1 Å². The summed E-state index contributed by atoms with van der Waals surface area (Å²) in [6, 6.07) is 20.7. The molecule has 43 heavy (non-hydrogen) atoms. The van der Waals surface area contributed by atoms with Crippen LogP contribution in [0.1, 0.15) is 48.9 Å². The molecule has 4 unspecified atom stereocenters. The van der Waals surface area contributed by atoms with Gasteiger partial charge in [-0.05, 0) is 41.2 Å². The zero-order valence-corrected chi connectivity index (χ0v) is 25.2. The number of ketones is 1. The Kier molecular flexibility index (Phi) is 8.81. The normalized spacial score (nSPS) is 22.2. The molecular weight excluding hydrogens is 590 g/mol. The van der Waals surface area contributed by atoms with Crippen LogP contribution in [0, 0.1) is 16.0 Å². The number of nitro groups is 1. The van der Waals surface area contributed by atoms with E-state index in [1.807, 2.05) is 54.6 Å². The lowest BCUT2D eigenvalue weighted by atomic mass is 9.85. The minimum atomic E-state index is -3.98. The van der Waals surface area contributed by atoms with Crippen LogP contribution in [0.2, 0.25) is 0 Å². The van der Waals surface area contributed by atoms with Gasteiger partial charge in [0.1, 0.15) is 16.5 Å². The van der Waals surface area contributed by atoms with E-state index in [4.69, 9.17) is 0 Å². The number of Topliss-reactive ketones (excluding diaryl/α,β-unsaturated/α-hetero) is 1. The fraction of sp³-hybridized carbons (Fsp3) is 0.323. The standard InChI is InChI=1S/C31H31N3O7S2/c1-19(2)21-9-11-22(12-10-21)28-27(25(35)17-8-20-6-4-3-5-7-20)29(36)30(37)33(28)31-32-18-26(42-31)43(40,41)24-15-13-23(14-16-24)34(38)39/h3-7,9-16,19,26-29,36H,8,17-18H2,1-2H3. The average molecular weight is 622 g/mol. The molecular formula is C31H31N3O7S2. The van der Waals surface area contributed by atoms with Gasteiger partial charge >= 0.3 is 0 Å². The molecule has 3 aromatic carbocycles. The van der Waals surface area contributed by atoms with Gasteiger partial charge in [-0.3, -0.25) is 29.6 Å². The Hall–Kier alpha value is -3.87. The number of aryl methyl sites for hydroxylation is 1. The first-order valence-corrected chi connectivity index (χ1v) is 16.3. The number of aliphatic hydroxyl groups is 1. The first kappa shape index (κ1) is 30.6. The van der Waals surface area contributed by atoms with Crippen LogP contribution in [-0.2, 0) is 25.8 Å². The number of amides is 1. The van der Waals surface area contributed by atoms with E-state index in [2.05, 4.69) is 18.8 Å². The summed E-state index contributed by atoms with van der Waals surface area (Å²) < 4.78 is 25.7. The van der Waals surface area contributed by atoms with Crippen molar-refractivity contribution in [2.45, 2.75) is 54.2 Å². The number of amidine groups is 1. The van der Waals surface area contributed by atoms with E-state index >= 15 is 0 Å². The Bertz CT molecular complexity index is 1660. The van der Waals surface area contributed by atoms with Crippen LogP contribution in [-0.4, -0.2) is 57.4 Å². The molecule has 1 amide bonds. The quantitative estimate of drug-likeness (QED) is 0.268. The van der Waals surface area contributed by atoms with Gasteiger partial charge in [-0.2, -0.15) is 0 Å². The zero-order chi connectivity index (χ0) is 30.9. The summed E-state index contributed by atoms with van der Waals surface area (Å²) in [5.41, 5.74) is 2.42. The van der Waals surface area contributed by atoms with Crippen LogP contribution >= 0.6 is 11.8 Å². The molecule has 2 aliphatic rings. The molecule has 1 fully saturated rings. The molecule has 0 radical (unpaired) electrons. The second-order valence-corrected chi connectivity index (χ2v) is 14.5. The lowest BCUT2D eigenvalue weighted by Crippen LogP contribution is -2.35. The molecule has 1 N–H and O–H groups in total. The molecule has 0 bridgehead atoms. The van der Waals surface area contributed by atoms with Crippen molar-refractivity contribution in [3.05, 3.63) is 106 Å². The molecule has 4 atom stereocenters. The summed E-state index contributed by atoms with van der Waals surface area (Å²) in [6.45, 7) is 3.94. The Morgan fingerprint density at radius 3 is 2.33 bits per heavy atom. The number of rotatable bonds is 9. The molecule has 10 nitrogen and oxygen atoms in total. The summed E-state index contributed by atoms with van der Waals surface area (Å²) in [5, 5.41) is 22.3. The van der Waals surface area contributed by atoms with E-state index in [9.17, 15) is 33.2 Å². The third-order valence-corrected chi connectivity index (χ3v) is 11.6. The molecule has 5 rings (SSSR count). The van der Waals surface area contributed by atoms with Gasteiger partial charge in [0.05, 0.1) is 28.3 Å². The second-order valence-electron chi connectivity index (χ2n) is 10.9. The highest BCUT2D eigenvalue weighted by atomic mass is 32.3. The maximum atomic E-state index is 13.6. The van der Waals surface area contributed by atoms with Crippen LogP contribution in [0.5, 0.6) is 0 Å². The number of hydrogen-bond acceptors (Lipinski definition) is 9. The van der Waals surface area contributed by atoms with Crippen molar-refractivity contribution in [3.63, 3.8) is 0 Å². The van der Waals surface area contributed by atoms with Gasteiger partial charge in [-0.15, -0.1) is 0 Å². The Labute approximate surface area is 253 Å². The summed E-state index contributed by atoms with van der Waals surface area (Å²) in [6.07, 6.45) is -1.06. The number of likely N-dealkylation sites (tertiary alicyclic amines) is 1. The third-order valence-electron chi connectivity index (χ3n) is 7.81. The van der Waals surface area contributed by atoms with E-state index in [0.717, 1.165) is 35.0 Å². The summed E-state index contributed by atoms with van der Waals surface area (Å²) in [5.74, 6) is -1.81. The molecule has 3 aromatic rings. The number of benzene rings is 3. The predicted molar refractivity (Wildman–Crippen MR) is 163 cm³/mol. The lowest BCUT2D eigenvalue weighted by Gasteiger charge is -2.28. The third kappa shape index (κ3) is 6.13. The molecule has 0 aliphatic carbocycles. The van der Waals surface area contributed by atoms with Gasteiger partial charge in [-0.25, -0.2) is 8.42 Å². The molecule has 0 spiro atoms. The average Bonchev–Trinajstić information content (AvgIpc) is 3.60. The molecule has 2 heterocycles. The predicted octanol–water partition coefficient (Wildman–Crippen LogP) is 4.68. The highest BCUT2D eigenvalue weighted by molar-refractivity contribution is 8.23. The Morgan fingerprint density at radius 1 is 1.07 bits per heavy atom. The second kappa shape index (κ2) is 12.4. The Balaban J connectivity index is 1.44. The number of nitrogens with zero attached hydrogens (tertiary/aromatic N) is 3. The lowest BCUT2D eigenvalue weighted by molar-refractivity contribution is -0.384. The first-order chi connectivity index (χ1) is 20.5. The number of carbonyl (C=O) groups is 2. The SMILES string of the molecule is CC(C)c1ccc(C2C(C(=O)CCc3ccccc3)C(O)C(=O)N2C2=NCC(S(=O)(=O)c3ccc([N+](=O)[O-])cc3)S2)cc1. The summed E-state index contributed by atoms with van der Waals surface area (Å²) >= 11 is 0.867. The highest BCUT2D eigenvalue weighted by Crippen LogP contribution is 2.44. The molecule has 2 aliphatic heterocycles. The van der Waals surface area contributed by atoms with Crippen molar-refractivity contribution in [3.8, 4) is 0 Å². The molecule has 12 heteroatoms. The van der Waals surface area contributed by atoms with E-state index < -0.39 is 43.3 Å². The van der Waals surface area contributed by atoms with Crippen LogP contribution in [0.3, 0.4) is 0 Å². The number of thioether (sulfide) groups is 1. The van der Waals surface area contributed by atoms with Gasteiger partial charge < -0.3 is 5.11 Å². The number of aliphatic imine (C=N–C) groups is 1. The number of non-ortho nitro benzene ring substituents is 1. The highest BCUT2D eigenvalue weighted by Gasteiger charge is 2.54. The van der Waals surface area contributed by atoms with Crippen molar-refractivity contribution in [2.24, 2.45) is 10.9 Å². The summed E-state index contributed by atoms with van der Waals surface area (Å²) in [4.78, 5) is 43.2. The number of nitro benzene ring substituents is 1. The first-order valence-electron chi connectivity index (χ1n) is 13.9. The van der Waals surface area contributed by atoms with Gasteiger partial charge in [0.25, 0.3) is 11.6 Å². The van der Waals surface area contributed by atoms with Crippen LogP contribution in [0.4, 0.5) is 5.69 Å². The zero-order valence-electron chi connectivity index (χ0n) is 23.6. The van der Waals surface area contributed by atoms with Crippen LogP contribution in [0.15, 0.2) is 88.8 Å². The minimum Gasteiger partial charge on any atom is -0.382 e. The topological polar surface area (TPSA) is 147 Å². The van der Waals surface area contributed by atoms with Gasteiger partial charge in [0, 0.05) is 18.6 Å². The van der Waals surface area contributed by atoms with Gasteiger partial charge in [0.15, 0.2) is 15.0 Å². The fourth-order valence-electron chi connectivity index (χ4n) is 5.39. The van der Waals surface area contributed by atoms with Crippen LogP contribution < -0.4 is 0 Å². The molecule has 1 saturated heterocycles. The largest absolute Gasteiger partial charge is 0.382 e. The van der Waals surface area contributed by atoms with E-state index in [1.54, 1.807) is 0 Å². The smallest absolute Gasteiger partial charge is 0.269 e. The van der Waals surface area contributed by atoms with Crippen molar-refractivity contribution in [2.75, 3.05) is 6.54 Å². The van der Waals surface area contributed by atoms with E-state index in [-0.39, 0.29) is 40.4 Å². The fourth-order valence-corrected chi connectivity index (χ4v) is 8.43. The van der Waals surface area contributed by atoms with Gasteiger partial charge in [0.2, 0.25) is 0 Å². The van der Waals surface area contributed by atoms with E-state index in [0.29, 0.717) is 12.0 Å². The van der Waals surface area contributed by atoms with Crippen molar-refractivity contribution in [1.82, 2.24) is 4.90 Å². The maximum absolute atomic E-state index is 13.6. The summed E-state index contributed by atoms with van der Waals surface area (Å²) in [7, 11) is -3.98. The number of aliphatic hydroxyl groups excluding tert-OH is 1. The van der Waals surface area contributed by atoms with Crippen molar-refractivity contribution in [1.29, 1.82) is 0 Å². The Morgan fingerprint density at radius 2 is 1.72 bits per heavy atom. The molecule has 224 valence electrons. The van der Waals surface area contributed by atoms with E-state index in [1.165, 1.54) is 17.0 Å². The molecule has 0 aromatic heterocycles.